The fourth-order valence-corrected chi connectivity index (χ4v) is 4.20. The minimum atomic E-state index is -4.62. The molecule has 2 N–H and O–H groups in total. The van der Waals surface area contributed by atoms with Gasteiger partial charge in [-0.1, -0.05) is 42.5 Å². The Kier molecular flexibility index (Phi) is 6.58. The fourth-order valence-electron chi connectivity index (χ4n) is 4.20. The van der Waals surface area contributed by atoms with Gasteiger partial charge in [0, 0.05) is 31.4 Å². The van der Waals surface area contributed by atoms with E-state index >= 15 is 0 Å². The first-order valence-corrected chi connectivity index (χ1v) is 10.8. The van der Waals surface area contributed by atoms with E-state index in [2.05, 4.69) is 36.5 Å². The van der Waals surface area contributed by atoms with Crippen molar-refractivity contribution >= 4 is 22.4 Å². The lowest BCUT2D eigenvalue weighted by molar-refractivity contribution is -0.137. The highest BCUT2D eigenvalue weighted by Gasteiger charge is 2.33. The van der Waals surface area contributed by atoms with Crippen molar-refractivity contribution in [2.24, 2.45) is 0 Å². The Morgan fingerprint density at radius 2 is 1.94 bits per heavy atom. The molecule has 0 bridgehead atoms. The fraction of sp³-hybridized carbons (Fsp3) is 0.320. The van der Waals surface area contributed by atoms with Gasteiger partial charge >= 0.3 is 12.1 Å². The third-order valence-electron chi connectivity index (χ3n) is 5.94. The molecule has 0 spiro atoms. The van der Waals surface area contributed by atoms with Crippen LogP contribution < -0.4 is 10.2 Å². The molecule has 8 heteroatoms. The Labute approximate surface area is 189 Å². The zero-order valence-electron chi connectivity index (χ0n) is 18.1. The van der Waals surface area contributed by atoms with Gasteiger partial charge in [-0.25, -0.2) is 4.79 Å². The van der Waals surface area contributed by atoms with Crippen LogP contribution in [0.4, 0.5) is 18.9 Å². The molecule has 3 aromatic carbocycles. The summed E-state index contributed by atoms with van der Waals surface area (Å²) in [5.74, 6) is -1.39. The number of carboxylic acid groups (broad SMARTS) is 1. The molecule has 0 aliphatic carbocycles. The van der Waals surface area contributed by atoms with Crippen molar-refractivity contribution in [1.29, 1.82) is 0 Å². The summed E-state index contributed by atoms with van der Waals surface area (Å²) in [4.78, 5) is 13.1. The Bertz CT molecular complexity index is 1140. The maximum absolute atomic E-state index is 13.3. The molecule has 5 nitrogen and oxygen atoms in total. The zero-order valence-corrected chi connectivity index (χ0v) is 18.1. The van der Waals surface area contributed by atoms with Gasteiger partial charge < -0.3 is 20.1 Å². The van der Waals surface area contributed by atoms with E-state index in [9.17, 15) is 23.1 Å². The number of nitrogens with one attached hydrogen (secondary N) is 1. The van der Waals surface area contributed by atoms with E-state index in [1.165, 1.54) is 6.07 Å². The summed E-state index contributed by atoms with van der Waals surface area (Å²) >= 11 is 0. The van der Waals surface area contributed by atoms with Crippen LogP contribution in [-0.4, -0.2) is 43.4 Å². The average molecular weight is 458 g/mol. The quantitative estimate of drug-likeness (QED) is 0.537. The van der Waals surface area contributed by atoms with Gasteiger partial charge in [-0.3, -0.25) is 0 Å². The van der Waals surface area contributed by atoms with Crippen LogP contribution in [0, 0.1) is 0 Å². The van der Waals surface area contributed by atoms with Crippen LogP contribution in [0.5, 0.6) is 0 Å². The molecule has 1 saturated heterocycles. The molecule has 1 aliphatic rings. The summed E-state index contributed by atoms with van der Waals surface area (Å²) < 4.78 is 45.7. The number of fused-ring (bicyclic) bond motifs is 1. The number of hydrogen-bond donors (Lipinski definition) is 2. The number of anilines is 1. The molecule has 2 unspecified atom stereocenters. The summed E-state index contributed by atoms with van der Waals surface area (Å²) in [6.45, 7) is 3.65. The lowest BCUT2D eigenvalue weighted by Crippen LogP contribution is -2.47. The van der Waals surface area contributed by atoms with Crippen LogP contribution >= 0.6 is 0 Å². The van der Waals surface area contributed by atoms with E-state index in [-0.39, 0.29) is 23.4 Å². The van der Waals surface area contributed by atoms with Crippen LogP contribution in [0.1, 0.15) is 34.5 Å². The molecule has 33 heavy (non-hydrogen) atoms. The molecule has 0 aromatic heterocycles. The summed E-state index contributed by atoms with van der Waals surface area (Å²) in [5, 5.41) is 15.0. The molecule has 1 heterocycles. The van der Waals surface area contributed by atoms with Crippen LogP contribution in [0.2, 0.25) is 0 Å². The molecule has 0 saturated carbocycles. The number of morpholine rings is 1. The van der Waals surface area contributed by atoms with Gasteiger partial charge in [0.05, 0.1) is 23.8 Å². The maximum Gasteiger partial charge on any atom is 0.416 e. The molecular formula is C25H25F3N2O3. The number of aromatic carboxylic acids is 1. The molecule has 4 rings (SSSR count). The van der Waals surface area contributed by atoms with Gasteiger partial charge in [0.1, 0.15) is 0 Å². The molecule has 2 atom stereocenters. The highest BCUT2D eigenvalue weighted by molar-refractivity contribution is 5.89. The molecule has 3 aromatic rings. The van der Waals surface area contributed by atoms with Crippen LogP contribution in [0.25, 0.3) is 10.8 Å². The number of carboxylic acids is 1. The van der Waals surface area contributed by atoms with Gasteiger partial charge in [-0.2, -0.15) is 13.2 Å². The van der Waals surface area contributed by atoms with Crippen molar-refractivity contribution < 1.29 is 27.8 Å². The second-order valence-corrected chi connectivity index (χ2v) is 8.21. The van der Waals surface area contributed by atoms with Crippen molar-refractivity contribution in [3.8, 4) is 0 Å². The highest BCUT2D eigenvalue weighted by Crippen LogP contribution is 2.33. The minimum Gasteiger partial charge on any atom is -0.478 e. The van der Waals surface area contributed by atoms with Gasteiger partial charge in [0.15, 0.2) is 0 Å². The Morgan fingerprint density at radius 1 is 1.18 bits per heavy atom. The van der Waals surface area contributed by atoms with Crippen molar-refractivity contribution in [2.45, 2.75) is 25.2 Å². The monoisotopic (exact) mass is 458 g/mol. The lowest BCUT2D eigenvalue weighted by Gasteiger charge is -2.35. The SMILES string of the molecule is CC(NCC1CN(c2cc(C(=O)O)cc(C(F)(F)F)c2)CCO1)c1cccc2ccccc12. The topological polar surface area (TPSA) is 61.8 Å². The number of nitrogens with zero attached hydrogens (tertiary/aromatic N) is 1. The number of ether oxygens (including phenoxy) is 1. The van der Waals surface area contributed by atoms with E-state index in [1.54, 1.807) is 4.90 Å². The van der Waals surface area contributed by atoms with E-state index in [0.29, 0.717) is 32.3 Å². The van der Waals surface area contributed by atoms with Crippen molar-refractivity contribution in [2.75, 3.05) is 31.1 Å². The van der Waals surface area contributed by atoms with Crippen LogP contribution in [-0.2, 0) is 10.9 Å². The number of benzene rings is 3. The van der Waals surface area contributed by atoms with E-state index < -0.39 is 17.7 Å². The first kappa shape index (κ1) is 23.1. The van der Waals surface area contributed by atoms with Crippen LogP contribution in [0.3, 0.4) is 0 Å². The minimum absolute atomic E-state index is 0.0437. The highest BCUT2D eigenvalue weighted by atomic mass is 19.4. The van der Waals surface area contributed by atoms with Crippen LogP contribution in [0.15, 0.2) is 60.7 Å². The predicted molar refractivity (Wildman–Crippen MR) is 121 cm³/mol. The third-order valence-corrected chi connectivity index (χ3v) is 5.94. The Hall–Kier alpha value is -3.10. The summed E-state index contributed by atoms with van der Waals surface area (Å²) in [7, 11) is 0. The van der Waals surface area contributed by atoms with Crippen molar-refractivity contribution in [3.05, 3.63) is 77.4 Å². The van der Waals surface area contributed by atoms with E-state index in [0.717, 1.165) is 22.4 Å². The number of carbonyl (C=O) groups is 1. The molecule has 1 aliphatic heterocycles. The third kappa shape index (κ3) is 5.29. The predicted octanol–water partition coefficient (Wildman–Crippen LogP) is 5.11. The molecule has 0 radical (unpaired) electrons. The Morgan fingerprint density at radius 3 is 2.70 bits per heavy atom. The second-order valence-electron chi connectivity index (χ2n) is 8.21. The van der Waals surface area contributed by atoms with Gasteiger partial charge in [-0.15, -0.1) is 0 Å². The van der Waals surface area contributed by atoms with E-state index in [4.69, 9.17) is 4.74 Å². The standard InChI is InChI=1S/C25H25F3N2O3/c1-16(22-8-4-6-17-5-2-3-7-23(17)22)29-14-21-15-30(9-10-33-21)20-12-18(24(31)32)11-19(13-20)25(26,27)28/h2-8,11-13,16,21,29H,9-10,14-15H2,1H3,(H,31,32). The maximum atomic E-state index is 13.3. The summed E-state index contributed by atoms with van der Waals surface area (Å²) in [6.07, 6.45) is -4.87. The molecule has 1 fully saturated rings. The average Bonchev–Trinajstić information content (AvgIpc) is 2.81. The smallest absolute Gasteiger partial charge is 0.416 e. The number of hydrogen-bond acceptors (Lipinski definition) is 4. The molecule has 174 valence electrons. The lowest BCUT2D eigenvalue weighted by atomic mass is 9.99. The second kappa shape index (κ2) is 9.41. The van der Waals surface area contributed by atoms with Crippen molar-refractivity contribution in [1.82, 2.24) is 5.32 Å². The van der Waals surface area contributed by atoms with Crippen molar-refractivity contribution in [3.63, 3.8) is 0 Å². The van der Waals surface area contributed by atoms with E-state index in [1.807, 2.05) is 18.2 Å². The number of alkyl halides is 3. The first-order chi connectivity index (χ1) is 15.7. The zero-order chi connectivity index (χ0) is 23.6. The van der Waals surface area contributed by atoms with Gasteiger partial charge in [-0.05, 0) is 41.5 Å². The molecule has 0 amide bonds. The first-order valence-electron chi connectivity index (χ1n) is 10.8. The Balaban J connectivity index is 1.47. The van der Waals surface area contributed by atoms with Gasteiger partial charge in [0.25, 0.3) is 0 Å². The summed E-state index contributed by atoms with van der Waals surface area (Å²) in [5.41, 5.74) is 0.0380. The van der Waals surface area contributed by atoms with Gasteiger partial charge in [0.2, 0.25) is 0 Å². The largest absolute Gasteiger partial charge is 0.478 e. The summed E-state index contributed by atoms with van der Waals surface area (Å²) in [6, 6.07) is 17.3. The normalized spacial score (nSPS) is 17.8. The number of halogens is 3. The number of rotatable bonds is 6. The molecular weight excluding hydrogens is 433 g/mol.